The Morgan fingerprint density at radius 2 is 2.62 bits per heavy atom. The number of hydrogen-bond acceptors (Lipinski definition) is 3. The van der Waals surface area contributed by atoms with Gasteiger partial charge in [-0.2, -0.15) is 5.10 Å². The summed E-state index contributed by atoms with van der Waals surface area (Å²) < 4.78 is 7.16. The van der Waals surface area contributed by atoms with Crippen molar-refractivity contribution in [3.8, 4) is 0 Å². The lowest BCUT2D eigenvalue weighted by Gasteiger charge is -2.22. The standard InChI is InChI=1S/C9H15N3O/c1-12-5-4-9(11-12)10-8-3-2-6-13-7-8/h4-5,8H,2-3,6-7H2,1H3,(H,10,11). The molecule has 0 saturated carbocycles. The molecule has 1 N–H and O–H groups in total. The quantitative estimate of drug-likeness (QED) is 0.740. The predicted octanol–water partition coefficient (Wildman–Crippen LogP) is 1.01. The van der Waals surface area contributed by atoms with Gasteiger partial charge in [0.2, 0.25) is 0 Å². The number of hydrogen-bond donors (Lipinski definition) is 1. The van der Waals surface area contributed by atoms with E-state index >= 15 is 0 Å². The van der Waals surface area contributed by atoms with Gasteiger partial charge in [0.05, 0.1) is 12.6 Å². The lowest BCUT2D eigenvalue weighted by molar-refractivity contribution is 0.0875. The average Bonchev–Trinajstić information content (AvgIpc) is 2.53. The Bertz CT molecular complexity index is 266. The zero-order valence-electron chi connectivity index (χ0n) is 7.86. The van der Waals surface area contributed by atoms with Crippen molar-refractivity contribution in [1.82, 2.24) is 9.78 Å². The second kappa shape index (κ2) is 3.79. The molecule has 72 valence electrons. The summed E-state index contributed by atoms with van der Waals surface area (Å²) in [5, 5.41) is 7.60. The Morgan fingerprint density at radius 1 is 1.69 bits per heavy atom. The molecule has 4 heteroatoms. The van der Waals surface area contributed by atoms with Crippen LogP contribution in [0.3, 0.4) is 0 Å². The van der Waals surface area contributed by atoms with Crippen LogP contribution in [0.5, 0.6) is 0 Å². The maximum absolute atomic E-state index is 5.36. The van der Waals surface area contributed by atoms with E-state index in [0.29, 0.717) is 6.04 Å². The molecule has 0 aliphatic carbocycles. The fraction of sp³-hybridized carbons (Fsp3) is 0.667. The first kappa shape index (κ1) is 8.56. The molecule has 2 rings (SSSR count). The van der Waals surface area contributed by atoms with Crippen LogP contribution in [-0.2, 0) is 11.8 Å². The van der Waals surface area contributed by atoms with E-state index < -0.39 is 0 Å². The van der Waals surface area contributed by atoms with E-state index in [1.165, 1.54) is 6.42 Å². The Balaban J connectivity index is 1.89. The van der Waals surface area contributed by atoms with Crippen LogP contribution in [0.2, 0.25) is 0 Å². The molecule has 1 aliphatic rings. The highest BCUT2D eigenvalue weighted by molar-refractivity contribution is 5.33. The van der Waals surface area contributed by atoms with Gasteiger partial charge >= 0.3 is 0 Å². The SMILES string of the molecule is Cn1ccc(NC2CCCOC2)n1. The van der Waals surface area contributed by atoms with E-state index in [1.807, 2.05) is 19.3 Å². The molecule has 1 atom stereocenters. The average molecular weight is 181 g/mol. The zero-order valence-corrected chi connectivity index (χ0v) is 7.86. The number of aromatic nitrogens is 2. The van der Waals surface area contributed by atoms with Crippen LogP contribution >= 0.6 is 0 Å². The molecule has 1 aromatic rings. The smallest absolute Gasteiger partial charge is 0.148 e. The Kier molecular flexibility index (Phi) is 2.49. The lowest BCUT2D eigenvalue weighted by Crippen LogP contribution is -2.30. The van der Waals surface area contributed by atoms with Gasteiger partial charge in [-0.15, -0.1) is 0 Å². The van der Waals surface area contributed by atoms with E-state index in [2.05, 4.69) is 10.4 Å². The molecule has 0 bridgehead atoms. The van der Waals surface area contributed by atoms with Gasteiger partial charge < -0.3 is 10.1 Å². The predicted molar refractivity (Wildman–Crippen MR) is 50.7 cm³/mol. The molecule has 0 aromatic carbocycles. The number of nitrogens with zero attached hydrogens (tertiary/aromatic N) is 2. The minimum absolute atomic E-state index is 0.434. The number of nitrogens with one attached hydrogen (secondary N) is 1. The molecule has 13 heavy (non-hydrogen) atoms. The van der Waals surface area contributed by atoms with E-state index in [0.717, 1.165) is 25.5 Å². The summed E-state index contributed by atoms with van der Waals surface area (Å²) in [5.41, 5.74) is 0. The topological polar surface area (TPSA) is 39.1 Å². The van der Waals surface area contributed by atoms with Crippen molar-refractivity contribution in [2.24, 2.45) is 7.05 Å². The monoisotopic (exact) mass is 181 g/mol. The minimum atomic E-state index is 0.434. The van der Waals surface area contributed by atoms with Crippen LogP contribution in [0.25, 0.3) is 0 Å². The van der Waals surface area contributed by atoms with Gasteiger partial charge in [0.25, 0.3) is 0 Å². The Morgan fingerprint density at radius 3 is 3.23 bits per heavy atom. The third-order valence-electron chi connectivity index (χ3n) is 2.23. The minimum Gasteiger partial charge on any atom is -0.379 e. The van der Waals surface area contributed by atoms with Crippen molar-refractivity contribution in [3.63, 3.8) is 0 Å². The van der Waals surface area contributed by atoms with Crippen LogP contribution in [-0.4, -0.2) is 29.0 Å². The van der Waals surface area contributed by atoms with Gasteiger partial charge in [-0.3, -0.25) is 4.68 Å². The number of ether oxygens (including phenoxy) is 1. The molecule has 1 saturated heterocycles. The van der Waals surface area contributed by atoms with Gasteiger partial charge in [-0.05, 0) is 12.8 Å². The summed E-state index contributed by atoms with van der Waals surface area (Å²) in [5.74, 6) is 0.943. The highest BCUT2D eigenvalue weighted by atomic mass is 16.5. The molecular weight excluding hydrogens is 166 g/mol. The first-order valence-electron chi connectivity index (χ1n) is 4.68. The molecule has 0 amide bonds. The van der Waals surface area contributed by atoms with Crippen LogP contribution < -0.4 is 5.32 Å². The van der Waals surface area contributed by atoms with Gasteiger partial charge in [0, 0.05) is 25.9 Å². The summed E-state index contributed by atoms with van der Waals surface area (Å²) in [7, 11) is 1.92. The van der Waals surface area contributed by atoms with Crippen LogP contribution in [0, 0.1) is 0 Å². The van der Waals surface area contributed by atoms with Crippen LogP contribution in [0.15, 0.2) is 12.3 Å². The summed E-state index contributed by atoms with van der Waals surface area (Å²) >= 11 is 0. The van der Waals surface area contributed by atoms with Crippen LogP contribution in [0.1, 0.15) is 12.8 Å². The Labute approximate surface area is 77.9 Å². The van der Waals surface area contributed by atoms with Gasteiger partial charge in [-0.1, -0.05) is 0 Å². The van der Waals surface area contributed by atoms with Gasteiger partial charge in [-0.25, -0.2) is 0 Å². The maximum atomic E-state index is 5.36. The van der Waals surface area contributed by atoms with Crippen LogP contribution in [0.4, 0.5) is 5.82 Å². The van der Waals surface area contributed by atoms with E-state index in [1.54, 1.807) is 4.68 Å². The Hall–Kier alpha value is -1.03. The molecule has 0 spiro atoms. The largest absolute Gasteiger partial charge is 0.379 e. The summed E-state index contributed by atoms with van der Waals surface area (Å²) in [6, 6.07) is 2.41. The number of anilines is 1. The van der Waals surface area contributed by atoms with Gasteiger partial charge in [0.15, 0.2) is 0 Å². The number of aryl methyl sites for hydroxylation is 1. The highest BCUT2D eigenvalue weighted by Gasteiger charge is 2.13. The van der Waals surface area contributed by atoms with E-state index in [-0.39, 0.29) is 0 Å². The zero-order chi connectivity index (χ0) is 9.10. The fourth-order valence-corrected chi connectivity index (χ4v) is 1.56. The molecule has 0 radical (unpaired) electrons. The van der Waals surface area contributed by atoms with Crippen molar-refractivity contribution in [2.75, 3.05) is 18.5 Å². The molecule has 1 aromatic heterocycles. The van der Waals surface area contributed by atoms with Crippen molar-refractivity contribution in [3.05, 3.63) is 12.3 Å². The third kappa shape index (κ3) is 2.21. The molecular formula is C9H15N3O. The first-order valence-corrected chi connectivity index (χ1v) is 4.68. The molecule has 4 nitrogen and oxygen atoms in total. The second-order valence-corrected chi connectivity index (χ2v) is 3.43. The molecule has 1 aliphatic heterocycles. The van der Waals surface area contributed by atoms with E-state index in [4.69, 9.17) is 4.74 Å². The summed E-state index contributed by atoms with van der Waals surface area (Å²) in [4.78, 5) is 0. The molecule has 1 unspecified atom stereocenters. The van der Waals surface area contributed by atoms with Gasteiger partial charge in [0.1, 0.15) is 5.82 Å². The fourth-order valence-electron chi connectivity index (χ4n) is 1.56. The lowest BCUT2D eigenvalue weighted by atomic mass is 10.1. The van der Waals surface area contributed by atoms with Crippen molar-refractivity contribution in [2.45, 2.75) is 18.9 Å². The molecule has 1 fully saturated rings. The highest BCUT2D eigenvalue weighted by Crippen LogP contribution is 2.11. The third-order valence-corrected chi connectivity index (χ3v) is 2.23. The second-order valence-electron chi connectivity index (χ2n) is 3.43. The number of rotatable bonds is 2. The first-order chi connectivity index (χ1) is 6.34. The van der Waals surface area contributed by atoms with Crippen molar-refractivity contribution in [1.29, 1.82) is 0 Å². The summed E-state index contributed by atoms with van der Waals surface area (Å²) in [6.45, 7) is 1.71. The molecule has 2 heterocycles. The normalized spacial score (nSPS) is 23.0. The van der Waals surface area contributed by atoms with E-state index in [9.17, 15) is 0 Å². The van der Waals surface area contributed by atoms with Crippen molar-refractivity contribution < 1.29 is 4.74 Å². The maximum Gasteiger partial charge on any atom is 0.148 e. The summed E-state index contributed by atoms with van der Waals surface area (Å²) in [6.07, 6.45) is 4.26. The van der Waals surface area contributed by atoms with Crippen molar-refractivity contribution >= 4 is 5.82 Å².